The van der Waals surface area contributed by atoms with E-state index in [9.17, 15) is 9.59 Å². The van der Waals surface area contributed by atoms with Gasteiger partial charge in [-0.25, -0.2) is 4.79 Å². The molecule has 0 spiro atoms. The molecule has 6 heteroatoms. The highest BCUT2D eigenvalue weighted by atomic mass is 16.5. The van der Waals surface area contributed by atoms with Crippen LogP contribution < -0.4 is 20.7 Å². The summed E-state index contributed by atoms with van der Waals surface area (Å²) in [5, 5.41) is 8.57. The molecule has 3 N–H and O–H groups in total. The summed E-state index contributed by atoms with van der Waals surface area (Å²) in [5.74, 6) is 0.572. The van der Waals surface area contributed by atoms with E-state index in [1.165, 1.54) is 12.8 Å². The Bertz CT molecular complexity index is 1020. The number of allylic oxidation sites excluding steroid dienone is 1. The van der Waals surface area contributed by atoms with E-state index >= 15 is 0 Å². The number of carbonyl (C=O) groups excluding carboxylic acids is 2. The zero-order valence-corrected chi connectivity index (χ0v) is 18.2. The van der Waals surface area contributed by atoms with Crippen molar-refractivity contribution in [2.24, 2.45) is 0 Å². The Morgan fingerprint density at radius 2 is 1.71 bits per heavy atom. The van der Waals surface area contributed by atoms with E-state index in [2.05, 4.69) is 16.0 Å². The molecule has 6 nitrogen and oxygen atoms in total. The maximum atomic E-state index is 13.2. The van der Waals surface area contributed by atoms with Gasteiger partial charge in [-0.2, -0.15) is 0 Å². The molecule has 1 aliphatic heterocycles. The summed E-state index contributed by atoms with van der Waals surface area (Å²) in [6, 6.07) is 12.6. The fourth-order valence-electron chi connectivity index (χ4n) is 4.20. The molecular formula is C25H29N3O3. The molecule has 2 aromatic carbocycles. The van der Waals surface area contributed by atoms with Crippen LogP contribution in [0, 0.1) is 13.8 Å². The number of ether oxygens (including phenoxy) is 1. The summed E-state index contributed by atoms with van der Waals surface area (Å²) in [7, 11) is 0. The van der Waals surface area contributed by atoms with Crippen molar-refractivity contribution in [1.29, 1.82) is 0 Å². The van der Waals surface area contributed by atoms with Crippen LogP contribution in [0.25, 0.3) is 0 Å². The van der Waals surface area contributed by atoms with E-state index in [0.717, 1.165) is 41.0 Å². The van der Waals surface area contributed by atoms with Crippen molar-refractivity contribution < 1.29 is 14.3 Å². The number of urea groups is 1. The Morgan fingerprint density at radius 3 is 2.39 bits per heavy atom. The van der Waals surface area contributed by atoms with Crippen molar-refractivity contribution in [3.8, 4) is 5.75 Å². The lowest BCUT2D eigenvalue weighted by Gasteiger charge is -2.29. The molecule has 1 heterocycles. The predicted molar refractivity (Wildman–Crippen MR) is 121 cm³/mol. The topological polar surface area (TPSA) is 79.5 Å². The SMILES string of the molecule is CC1=C(C(=O)Nc2ccc(C)c(C)c2)C(c2ccc(OC3CCCC3)cc2)NC(=O)N1. The molecule has 162 valence electrons. The van der Waals surface area contributed by atoms with Crippen molar-refractivity contribution in [2.75, 3.05) is 5.32 Å². The molecule has 2 aliphatic rings. The van der Waals surface area contributed by atoms with Gasteiger partial charge in [-0.05, 0) is 87.4 Å². The molecule has 0 aromatic heterocycles. The molecule has 3 amide bonds. The molecule has 0 saturated heterocycles. The van der Waals surface area contributed by atoms with Gasteiger partial charge in [0.1, 0.15) is 5.75 Å². The summed E-state index contributed by atoms with van der Waals surface area (Å²) in [4.78, 5) is 25.3. The average molecular weight is 420 g/mol. The van der Waals surface area contributed by atoms with Gasteiger partial charge in [-0.3, -0.25) is 4.79 Å². The third kappa shape index (κ3) is 4.74. The number of nitrogens with one attached hydrogen (secondary N) is 3. The minimum Gasteiger partial charge on any atom is -0.490 e. The van der Waals surface area contributed by atoms with Crippen LogP contribution in [-0.2, 0) is 4.79 Å². The highest BCUT2D eigenvalue weighted by molar-refractivity contribution is 6.06. The van der Waals surface area contributed by atoms with Gasteiger partial charge in [-0.15, -0.1) is 0 Å². The molecular weight excluding hydrogens is 390 g/mol. The number of aryl methyl sites for hydroxylation is 2. The lowest BCUT2D eigenvalue weighted by atomic mass is 9.94. The quantitative estimate of drug-likeness (QED) is 0.645. The van der Waals surface area contributed by atoms with E-state index in [-0.39, 0.29) is 18.0 Å². The predicted octanol–water partition coefficient (Wildman–Crippen LogP) is 4.89. The Labute approximate surface area is 183 Å². The number of rotatable bonds is 5. The molecule has 1 unspecified atom stereocenters. The maximum Gasteiger partial charge on any atom is 0.319 e. The van der Waals surface area contributed by atoms with Crippen molar-refractivity contribution in [1.82, 2.24) is 10.6 Å². The monoisotopic (exact) mass is 419 g/mol. The molecule has 4 rings (SSSR count). The second-order valence-electron chi connectivity index (χ2n) is 8.42. The Kier molecular flexibility index (Phi) is 5.98. The molecule has 1 aliphatic carbocycles. The van der Waals surface area contributed by atoms with Gasteiger partial charge in [0, 0.05) is 11.4 Å². The van der Waals surface area contributed by atoms with E-state index in [1.54, 1.807) is 6.92 Å². The van der Waals surface area contributed by atoms with Gasteiger partial charge in [0.05, 0.1) is 17.7 Å². The molecule has 1 saturated carbocycles. The van der Waals surface area contributed by atoms with Gasteiger partial charge in [0.2, 0.25) is 0 Å². The Morgan fingerprint density at radius 1 is 1.00 bits per heavy atom. The number of benzene rings is 2. The maximum absolute atomic E-state index is 13.2. The highest BCUT2D eigenvalue weighted by Crippen LogP contribution is 2.30. The van der Waals surface area contributed by atoms with E-state index in [1.807, 2.05) is 56.3 Å². The number of hydrogen-bond acceptors (Lipinski definition) is 3. The summed E-state index contributed by atoms with van der Waals surface area (Å²) in [5.41, 5.74) is 4.86. The summed E-state index contributed by atoms with van der Waals surface area (Å²) in [6.07, 6.45) is 4.90. The second kappa shape index (κ2) is 8.84. The first-order valence-corrected chi connectivity index (χ1v) is 10.8. The summed E-state index contributed by atoms with van der Waals surface area (Å²) < 4.78 is 6.04. The smallest absolute Gasteiger partial charge is 0.319 e. The lowest BCUT2D eigenvalue weighted by Crippen LogP contribution is -2.45. The third-order valence-electron chi connectivity index (χ3n) is 6.10. The van der Waals surface area contributed by atoms with Crippen LogP contribution in [0.2, 0.25) is 0 Å². The van der Waals surface area contributed by atoms with Gasteiger partial charge in [0.15, 0.2) is 0 Å². The minimum absolute atomic E-state index is 0.246. The average Bonchev–Trinajstić information content (AvgIpc) is 3.23. The van der Waals surface area contributed by atoms with Crippen LogP contribution in [0.5, 0.6) is 5.75 Å². The molecule has 0 radical (unpaired) electrons. The molecule has 1 atom stereocenters. The van der Waals surface area contributed by atoms with Crippen LogP contribution in [0.4, 0.5) is 10.5 Å². The first kappa shape index (κ1) is 21.0. The van der Waals surface area contributed by atoms with Crippen molar-refractivity contribution in [3.63, 3.8) is 0 Å². The van der Waals surface area contributed by atoms with Crippen LogP contribution in [0.3, 0.4) is 0 Å². The number of hydrogen-bond donors (Lipinski definition) is 3. The normalized spacial score (nSPS) is 19.1. The van der Waals surface area contributed by atoms with Crippen LogP contribution >= 0.6 is 0 Å². The molecule has 0 bridgehead atoms. The van der Waals surface area contributed by atoms with E-state index < -0.39 is 6.04 Å². The van der Waals surface area contributed by atoms with E-state index in [4.69, 9.17) is 4.74 Å². The number of amides is 3. The fraction of sp³-hybridized carbons (Fsp3) is 0.360. The van der Waals surface area contributed by atoms with Gasteiger partial charge in [0.25, 0.3) is 5.91 Å². The third-order valence-corrected chi connectivity index (χ3v) is 6.10. The van der Waals surface area contributed by atoms with Crippen LogP contribution in [-0.4, -0.2) is 18.0 Å². The van der Waals surface area contributed by atoms with Gasteiger partial charge in [-0.1, -0.05) is 18.2 Å². The van der Waals surface area contributed by atoms with Gasteiger partial charge >= 0.3 is 6.03 Å². The summed E-state index contributed by atoms with van der Waals surface area (Å²) >= 11 is 0. The number of anilines is 1. The van der Waals surface area contributed by atoms with Crippen LogP contribution in [0.1, 0.15) is 55.3 Å². The largest absolute Gasteiger partial charge is 0.490 e. The zero-order valence-electron chi connectivity index (χ0n) is 18.2. The van der Waals surface area contributed by atoms with Crippen LogP contribution in [0.15, 0.2) is 53.7 Å². The zero-order chi connectivity index (χ0) is 22.0. The molecule has 1 fully saturated rings. The van der Waals surface area contributed by atoms with Gasteiger partial charge < -0.3 is 20.7 Å². The first-order valence-electron chi connectivity index (χ1n) is 10.8. The summed E-state index contributed by atoms with van der Waals surface area (Å²) in [6.45, 7) is 5.79. The molecule has 31 heavy (non-hydrogen) atoms. The standard InChI is InChI=1S/C25H29N3O3/c1-15-8-11-19(14-16(15)2)27-24(29)22-17(3)26-25(30)28-23(22)18-9-12-21(13-10-18)31-20-6-4-5-7-20/h8-14,20,23H,4-7H2,1-3H3,(H,27,29)(H2,26,28,30). The number of carbonyl (C=O) groups is 2. The fourth-order valence-corrected chi connectivity index (χ4v) is 4.20. The second-order valence-corrected chi connectivity index (χ2v) is 8.42. The highest BCUT2D eigenvalue weighted by Gasteiger charge is 2.31. The first-order chi connectivity index (χ1) is 14.9. The Balaban J connectivity index is 1.56. The van der Waals surface area contributed by atoms with Crippen molar-refractivity contribution in [2.45, 2.75) is 58.6 Å². The Hall–Kier alpha value is -3.28. The minimum atomic E-state index is -0.541. The lowest BCUT2D eigenvalue weighted by molar-refractivity contribution is -0.113. The van der Waals surface area contributed by atoms with Crippen molar-refractivity contribution >= 4 is 17.6 Å². The van der Waals surface area contributed by atoms with E-state index in [0.29, 0.717) is 11.3 Å². The van der Waals surface area contributed by atoms with Crippen molar-refractivity contribution in [3.05, 3.63) is 70.4 Å². The molecule has 2 aromatic rings.